The Labute approximate surface area is 132 Å². The Balaban J connectivity index is 2.26. The van der Waals surface area contributed by atoms with E-state index in [1.54, 1.807) is 30.1 Å². The number of aryl methyl sites for hydroxylation is 2. The molecule has 3 aromatic rings. The molecule has 0 bridgehead atoms. The van der Waals surface area contributed by atoms with Gasteiger partial charge in [-0.05, 0) is 25.1 Å². The zero-order chi connectivity index (χ0) is 15.1. The minimum absolute atomic E-state index is 0.531. The summed E-state index contributed by atoms with van der Waals surface area (Å²) in [5.41, 5.74) is 9.33. The van der Waals surface area contributed by atoms with E-state index in [-0.39, 0.29) is 0 Å². The number of hydrogen-bond donors (Lipinski definition) is 1. The molecular weight excluding hydrogens is 309 g/mol. The molecule has 0 saturated heterocycles. The molecule has 0 radical (unpaired) electrons. The summed E-state index contributed by atoms with van der Waals surface area (Å²) < 4.78 is 6.99. The molecule has 0 aliphatic heterocycles. The molecule has 108 valence electrons. The van der Waals surface area contributed by atoms with Gasteiger partial charge in [0.2, 0.25) is 0 Å². The van der Waals surface area contributed by atoms with Crippen molar-refractivity contribution in [2.75, 3.05) is 5.73 Å². The van der Waals surface area contributed by atoms with Crippen LogP contribution in [-0.2, 0) is 7.05 Å². The standard InChI is InChI=1S/C15H13Cl2N3O/c1-8-5-9(7-21-8)14-13(15(18)20(2)19-14)11-4-3-10(16)6-12(11)17/h3-7H,18H2,1-2H3. The zero-order valence-corrected chi connectivity index (χ0v) is 13.0. The number of hydrogen-bond acceptors (Lipinski definition) is 3. The maximum absolute atomic E-state index is 6.31. The normalized spacial score (nSPS) is 11.0. The first-order valence-corrected chi connectivity index (χ1v) is 7.06. The number of nitrogens with zero attached hydrogens (tertiary/aromatic N) is 2. The molecule has 2 aromatic heterocycles. The van der Waals surface area contributed by atoms with Gasteiger partial charge in [-0.25, -0.2) is 0 Å². The van der Waals surface area contributed by atoms with E-state index in [2.05, 4.69) is 5.10 Å². The van der Waals surface area contributed by atoms with Crippen molar-refractivity contribution in [3.63, 3.8) is 0 Å². The van der Waals surface area contributed by atoms with Crippen molar-refractivity contribution in [2.45, 2.75) is 6.92 Å². The fraction of sp³-hybridized carbons (Fsp3) is 0.133. The molecule has 0 aliphatic rings. The quantitative estimate of drug-likeness (QED) is 0.753. The number of halogens is 2. The highest BCUT2D eigenvalue weighted by molar-refractivity contribution is 6.36. The Morgan fingerprint density at radius 3 is 2.62 bits per heavy atom. The summed E-state index contributed by atoms with van der Waals surface area (Å²) in [4.78, 5) is 0. The average molecular weight is 322 g/mol. The third-order valence-corrected chi connectivity index (χ3v) is 3.84. The first-order chi connectivity index (χ1) is 9.97. The van der Waals surface area contributed by atoms with Crippen LogP contribution in [-0.4, -0.2) is 9.78 Å². The highest BCUT2D eigenvalue weighted by atomic mass is 35.5. The zero-order valence-electron chi connectivity index (χ0n) is 11.5. The van der Waals surface area contributed by atoms with Crippen molar-refractivity contribution in [1.82, 2.24) is 9.78 Å². The van der Waals surface area contributed by atoms with Gasteiger partial charge in [0, 0.05) is 23.2 Å². The molecule has 6 heteroatoms. The van der Waals surface area contributed by atoms with Crippen LogP contribution in [0.5, 0.6) is 0 Å². The predicted octanol–water partition coefficient (Wildman–Crippen LogP) is 4.54. The molecule has 0 unspecified atom stereocenters. The number of benzene rings is 1. The summed E-state index contributed by atoms with van der Waals surface area (Å²) in [6, 6.07) is 7.22. The Morgan fingerprint density at radius 1 is 1.24 bits per heavy atom. The Hall–Kier alpha value is -1.91. The van der Waals surface area contributed by atoms with E-state index in [1.807, 2.05) is 19.1 Å². The lowest BCUT2D eigenvalue weighted by Crippen LogP contribution is -1.98. The average Bonchev–Trinajstić information content (AvgIpc) is 2.96. The largest absolute Gasteiger partial charge is 0.469 e. The number of furan rings is 1. The van der Waals surface area contributed by atoms with Gasteiger partial charge in [-0.3, -0.25) is 4.68 Å². The lowest BCUT2D eigenvalue weighted by molar-refractivity contribution is 0.535. The van der Waals surface area contributed by atoms with Crippen molar-refractivity contribution in [1.29, 1.82) is 0 Å². The Kier molecular flexibility index (Phi) is 3.43. The third-order valence-electron chi connectivity index (χ3n) is 3.30. The Bertz CT molecular complexity index is 820. The molecule has 0 atom stereocenters. The van der Waals surface area contributed by atoms with E-state index in [0.29, 0.717) is 15.9 Å². The molecule has 0 amide bonds. The second kappa shape index (κ2) is 5.13. The molecule has 0 aliphatic carbocycles. The number of anilines is 1. The molecule has 0 fully saturated rings. The van der Waals surface area contributed by atoms with Crippen molar-refractivity contribution in [3.8, 4) is 22.4 Å². The van der Waals surface area contributed by atoms with Crippen molar-refractivity contribution in [3.05, 3.63) is 46.3 Å². The summed E-state index contributed by atoms with van der Waals surface area (Å²) in [6.07, 6.45) is 1.66. The van der Waals surface area contributed by atoms with Crippen LogP contribution in [0, 0.1) is 6.92 Å². The first kappa shape index (κ1) is 14.0. The van der Waals surface area contributed by atoms with Crippen LogP contribution in [0.2, 0.25) is 10.0 Å². The smallest absolute Gasteiger partial charge is 0.129 e. The summed E-state index contributed by atoms with van der Waals surface area (Å²) in [5, 5.41) is 5.58. The van der Waals surface area contributed by atoms with Gasteiger partial charge in [-0.15, -0.1) is 0 Å². The summed E-state index contributed by atoms with van der Waals surface area (Å²) in [7, 11) is 1.79. The van der Waals surface area contributed by atoms with E-state index in [4.69, 9.17) is 33.4 Å². The summed E-state index contributed by atoms with van der Waals surface area (Å²) in [5.74, 6) is 1.34. The highest BCUT2D eigenvalue weighted by Gasteiger charge is 2.20. The topological polar surface area (TPSA) is 57.0 Å². The molecule has 0 saturated carbocycles. The van der Waals surface area contributed by atoms with Crippen LogP contribution >= 0.6 is 23.2 Å². The lowest BCUT2D eigenvalue weighted by atomic mass is 10.0. The van der Waals surface area contributed by atoms with Crippen molar-refractivity contribution in [2.24, 2.45) is 7.05 Å². The van der Waals surface area contributed by atoms with Gasteiger partial charge in [0.25, 0.3) is 0 Å². The van der Waals surface area contributed by atoms with Gasteiger partial charge < -0.3 is 10.2 Å². The van der Waals surface area contributed by atoms with Crippen molar-refractivity contribution < 1.29 is 4.42 Å². The molecule has 4 nitrogen and oxygen atoms in total. The summed E-state index contributed by atoms with van der Waals surface area (Å²) >= 11 is 12.3. The molecule has 3 rings (SSSR count). The molecule has 21 heavy (non-hydrogen) atoms. The van der Waals surface area contributed by atoms with Crippen LogP contribution in [0.15, 0.2) is 34.9 Å². The van der Waals surface area contributed by atoms with E-state index in [9.17, 15) is 0 Å². The van der Waals surface area contributed by atoms with E-state index >= 15 is 0 Å². The van der Waals surface area contributed by atoms with Gasteiger partial charge in [0.15, 0.2) is 0 Å². The second-order valence-electron chi connectivity index (χ2n) is 4.80. The first-order valence-electron chi connectivity index (χ1n) is 6.30. The molecule has 2 heterocycles. The van der Waals surface area contributed by atoms with E-state index in [0.717, 1.165) is 28.1 Å². The van der Waals surface area contributed by atoms with Crippen LogP contribution in [0.4, 0.5) is 5.82 Å². The third kappa shape index (κ3) is 2.41. The Morgan fingerprint density at radius 2 is 2.00 bits per heavy atom. The minimum Gasteiger partial charge on any atom is -0.469 e. The fourth-order valence-electron chi connectivity index (χ4n) is 2.26. The van der Waals surface area contributed by atoms with Crippen LogP contribution < -0.4 is 5.73 Å². The lowest BCUT2D eigenvalue weighted by Gasteiger charge is -2.06. The van der Waals surface area contributed by atoms with Gasteiger partial charge in [-0.1, -0.05) is 29.3 Å². The van der Waals surface area contributed by atoms with Crippen molar-refractivity contribution >= 4 is 29.0 Å². The number of nitrogens with two attached hydrogens (primary N) is 1. The minimum atomic E-state index is 0.531. The monoisotopic (exact) mass is 321 g/mol. The van der Waals surface area contributed by atoms with E-state index in [1.165, 1.54) is 0 Å². The number of nitrogen functional groups attached to an aromatic ring is 1. The fourth-order valence-corrected chi connectivity index (χ4v) is 2.77. The molecular formula is C15H13Cl2N3O. The molecule has 1 aromatic carbocycles. The SMILES string of the molecule is Cc1cc(-c2nn(C)c(N)c2-c2ccc(Cl)cc2Cl)co1. The number of aromatic nitrogens is 2. The van der Waals surface area contributed by atoms with Crippen LogP contribution in [0.25, 0.3) is 22.4 Å². The van der Waals surface area contributed by atoms with Gasteiger partial charge in [0.1, 0.15) is 23.5 Å². The van der Waals surface area contributed by atoms with Crippen LogP contribution in [0.3, 0.4) is 0 Å². The van der Waals surface area contributed by atoms with E-state index < -0.39 is 0 Å². The molecule has 2 N–H and O–H groups in total. The van der Waals surface area contributed by atoms with Gasteiger partial charge >= 0.3 is 0 Å². The van der Waals surface area contributed by atoms with Gasteiger partial charge in [-0.2, -0.15) is 5.10 Å². The highest BCUT2D eigenvalue weighted by Crippen LogP contribution is 2.40. The van der Waals surface area contributed by atoms with Gasteiger partial charge in [0.05, 0.1) is 10.6 Å². The second-order valence-corrected chi connectivity index (χ2v) is 5.65. The summed E-state index contributed by atoms with van der Waals surface area (Å²) in [6.45, 7) is 1.88. The van der Waals surface area contributed by atoms with Crippen LogP contribution in [0.1, 0.15) is 5.76 Å². The predicted molar refractivity (Wildman–Crippen MR) is 85.5 cm³/mol. The maximum Gasteiger partial charge on any atom is 0.129 e. The molecule has 0 spiro atoms. The maximum atomic E-state index is 6.31. The number of rotatable bonds is 2.